The van der Waals surface area contributed by atoms with Crippen molar-refractivity contribution in [1.82, 2.24) is 24.4 Å². The minimum atomic E-state index is -1.06. The van der Waals surface area contributed by atoms with E-state index in [1.807, 2.05) is 14.0 Å². The molecule has 0 bridgehead atoms. The number of nitrogens with two attached hydrogens (primary N) is 1. The molecule has 2 aromatic heterocycles. The van der Waals surface area contributed by atoms with Gasteiger partial charge in [0.1, 0.15) is 11.9 Å². The SMILES string of the molecule is CCCC(=O)C(O)C(N)CNCCCCCCCCCCCc1nc2c(c(=O)[nH]c(=O)n2C)n1C. The van der Waals surface area contributed by atoms with Gasteiger partial charge < -0.3 is 20.7 Å². The van der Waals surface area contributed by atoms with Gasteiger partial charge in [0.15, 0.2) is 16.9 Å². The van der Waals surface area contributed by atoms with E-state index >= 15 is 0 Å². The van der Waals surface area contributed by atoms with E-state index in [0.717, 1.165) is 50.9 Å². The second kappa shape index (κ2) is 15.0. The molecule has 2 unspecified atom stereocenters. The highest BCUT2D eigenvalue weighted by atomic mass is 16.3. The summed E-state index contributed by atoms with van der Waals surface area (Å²) in [5.74, 6) is 0.667. The van der Waals surface area contributed by atoms with E-state index in [4.69, 9.17) is 5.73 Å². The summed E-state index contributed by atoms with van der Waals surface area (Å²) in [5.41, 5.74) is 5.94. The molecule has 2 atom stereocenters. The number of aliphatic hydroxyl groups excluding tert-OH is 1. The third kappa shape index (κ3) is 8.70. The second-order valence-corrected chi connectivity index (χ2v) is 9.54. The largest absolute Gasteiger partial charge is 0.384 e. The number of rotatable bonds is 18. The molecule has 35 heavy (non-hydrogen) atoms. The Labute approximate surface area is 207 Å². The Bertz CT molecular complexity index is 1040. The van der Waals surface area contributed by atoms with Crippen molar-refractivity contribution in [2.75, 3.05) is 13.1 Å². The Morgan fingerprint density at radius 3 is 2.26 bits per heavy atom. The van der Waals surface area contributed by atoms with Gasteiger partial charge in [-0.1, -0.05) is 51.9 Å². The summed E-state index contributed by atoms with van der Waals surface area (Å²) in [4.78, 5) is 42.4. The van der Waals surface area contributed by atoms with Crippen molar-refractivity contribution < 1.29 is 9.90 Å². The first-order valence-corrected chi connectivity index (χ1v) is 13.1. The van der Waals surface area contributed by atoms with Crippen molar-refractivity contribution in [1.29, 1.82) is 0 Å². The lowest BCUT2D eigenvalue weighted by molar-refractivity contribution is -0.128. The number of imidazole rings is 1. The fourth-order valence-corrected chi connectivity index (χ4v) is 4.36. The Hall–Kier alpha value is -2.30. The highest BCUT2D eigenvalue weighted by Gasteiger charge is 2.21. The minimum Gasteiger partial charge on any atom is -0.384 e. The number of aliphatic hydroxyl groups is 1. The van der Waals surface area contributed by atoms with E-state index in [0.29, 0.717) is 24.1 Å². The lowest BCUT2D eigenvalue weighted by Gasteiger charge is -2.18. The van der Waals surface area contributed by atoms with Gasteiger partial charge in [-0.05, 0) is 25.8 Å². The molecule has 0 fully saturated rings. The third-order valence-electron chi connectivity index (χ3n) is 6.59. The number of ketones is 1. The van der Waals surface area contributed by atoms with Gasteiger partial charge in [-0.15, -0.1) is 0 Å². The lowest BCUT2D eigenvalue weighted by atomic mass is 10.0. The molecule has 0 aromatic carbocycles. The van der Waals surface area contributed by atoms with Crippen molar-refractivity contribution >= 4 is 16.9 Å². The number of fused-ring (bicyclic) bond motifs is 1. The minimum absolute atomic E-state index is 0.170. The number of aromatic amines is 1. The third-order valence-corrected chi connectivity index (χ3v) is 6.59. The first-order chi connectivity index (χ1) is 16.8. The van der Waals surface area contributed by atoms with Crippen LogP contribution in [0.5, 0.6) is 0 Å². The van der Waals surface area contributed by atoms with Crippen LogP contribution in [0.15, 0.2) is 9.59 Å². The average Bonchev–Trinajstić information content (AvgIpc) is 3.16. The monoisotopic (exact) mass is 492 g/mol. The molecule has 0 aliphatic heterocycles. The number of nitrogens with zero attached hydrogens (tertiary/aromatic N) is 3. The summed E-state index contributed by atoms with van der Waals surface area (Å²) in [6, 6.07) is -0.540. The van der Waals surface area contributed by atoms with Gasteiger partial charge in [-0.25, -0.2) is 9.78 Å². The number of aromatic nitrogens is 4. The molecule has 0 radical (unpaired) electrons. The van der Waals surface area contributed by atoms with E-state index in [1.165, 1.54) is 36.7 Å². The van der Waals surface area contributed by atoms with Crippen LogP contribution in [0.4, 0.5) is 0 Å². The summed E-state index contributed by atoms with van der Waals surface area (Å²) in [6.45, 7) is 3.22. The number of carbonyl (C=O) groups excluding carboxylic acids is 1. The molecular formula is C25H44N6O4. The van der Waals surface area contributed by atoms with Crippen LogP contribution in [-0.2, 0) is 25.3 Å². The summed E-state index contributed by atoms with van der Waals surface area (Å²) in [7, 11) is 3.44. The zero-order valence-corrected chi connectivity index (χ0v) is 21.6. The smallest absolute Gasteiger partial charge is 0.329 e. The van der Waals surface area contributed by atoms with E-state index in [-0.39, 0.29) is 11.3 Å². The fourth-order valence-electron chi connectivity index (χ4n) is 4.36. The second-order valence-electron chi connectivity index (χ2n) is 9.54. The van der Waals surface area contributed by atoms with Crippen LogP contribution in [0.25, 0.3) is 11.2 Å². The maximum absolute atomic E-state index is 12.1. The van der Waals surface area contributed by atoms with Gasteiger partial charge in [0.05, 0.1) is 6.04 Å². The number of unbranched alkanes of at least 4 members (excludes halogenated alkanes) is 8. The Morgan fingerprint density at radius 1 is 1.03 bits per heavy atom. The number of hydrogen-bond acceptors (Lipinski definition) is 7. The number of carbonyl (C=O) groups is 1. The molecule has 5 N–H and O–H groups in total. The van der Waals surface area contributed by atoms with Crippen LogP contribution >= 0.6 is 0 Å². The van der Waals surface area contributed by atoms with Gasteiger partial charge in [0.2, 0.25) is 0 Å². The van der Waals surface area contributed by atoms with Gasteiger partial charge in [-0.3, -0.25) is 19.1 Å². The molecule has 198 valence electrons. The molecule has 0 saturated carbocycles. The van der Waals surface area contributed by atoms with E-state index in [9.17, 15) is 19.5 Å². The maximum atomic E-state index is 12.1. The zero-order valence-electron chi connectivity index (χ0n) is 21.6. The van der Waals surface area contributed by atoms with Crippen molar-refractivity contribution in [3.05, 3.63) is 26.7 Å². The Morgan fingerprint density at radius 2 is 1.63 bits per heavy atom. The van der Waals surface area contributed by atoms with E-state index in [2.05, 4.69) is 15.3 Å². The molecule has 10 heteroatoms. The maximum Gasteiger partial charge on any atom is 0.329 e. The van der Waals surface area contributed by atoms with Crippen LogP contribution < -0.4 is 22.3 Å². The van der Waals surface area contributed by atoms with E-state index < -0.39 is 17.8 Å². The molecule has 2 heterocycles. The topological polar surface area (TPSA) is 148 Å². The number of hydrogen-bond donors (Lipinski definition) is 4. The molecular weight excluding hydrogens is 448 g/mol. The van der Waals surface area contributed by atoms with Crippen molar-refractivity contribution in [2.45, 2.75) is 96.1 Å². The normalized spacial score (nSPS) is 13.4. The molecule has 0 amide bonds. The van der Waals surface area contributed by atoms with Crippen molar-refractivity contribution in [3.8, 4) is 0 Å². The molecule has 10 nitrogen and oxygen atoms in total. The van der Waals surface area contributed by atoms with Crippen LogP contribution in [0.1, 0.15) is 83.4 Å². The van der Waals surface area contributed by atoms with Crippen LogP contribution in [0.3, 0.4) is 0 Å². The highest BCUT2D eigenvalue weighted by molar-refractivity contribution is 5.83. The number of Topliss-reactive ketones (excluding diaryl/α,β-unsaturated/α-hetero) is 1. The molecule has 0 spiro atoms. The van der Waals surface area contributed by atoms with Gasteiger partial charge >= 0.3 is 5.69 Å². The van der Waals surface area contributed by atoms with Crippen molar-refractivity contribution in [3.63, 3.8) is 0 Å². The predicted octanol–water partition coefficient (Wildman–Crippen LogP) is 1.66. The number of nitrogens with one attached hydrogen (secondary N) is 2. The molecule has 0 aliphatic carbocycles. The Kier molecular flexibility index (Phi) is 12.4. The predicted molar refractivity (Wildman–Crippen MR) is 139 cm³/mol. The standard InChI is InChI=1S/C25H44N6O4/c1-4-14-19(32)22(33)18(26)17-27-16-13-11-9-7-5-6-8-10-12-15-20-28-23-21(30(20)2)24(34)29-25(35)31(23)3/h18,22,27,33H,4-17,26H2,1-3H3,(H,29,34,35). The summed E-state index contributed by atoms with van der Waals surface area (Å²) < 4.78 is 3.18. The van der Waals surface area contributed by atoms with Gasteiger partial charge in [-0.2, -0.15) is 0 Å². The van der Waals surface area contributed by atoms with Gasteiger partial charge in [0, 0.05) is 33.5 Å². The summed E-state index contributed by atoms with van der Waals surface area (Å²) >= 11 is 0. The van der Waals surface area contributed by atoms with E-state index in [1.54, 1.807) is 11.6 Å². The summed E-state index contributed by atoms with van der Waals surface area (Å²) in [5, 5.41) is 13.1. The molecule has 0 aliphatic rings. The van der Waals surface area contributed by atoms with Crippen LogP contribution in [-0.4, -0.2) is 55.2 Å². The average molecular weight is 493 g/mol. The zero-order chi connectivity index (χ0) is 25.8. The lowest BCUT2D eigenvalue weighted by Crippen LogP contribution is -2.47. The number of H-pyrrole nitrogens is 1. The first-order valence-electron chi connectivity index (χ1n) is 13.1. The number of aryl methyl sites for hydroxylation is 3. The quantitative estimate of drug-likeness (QED) is 0.231. The van der Waals surface area contributed by atoms with Crippen molar-refractivity contribution in [2.24, 2.45) is 19.8 Å². The summed E-state index contributed by atoms with van der Waals surface area (Å²) in [6.07, 6.45) is 11.3. The van der Waals surface area contributed by atoms with Crippen LogP contribution in [0.2, 0.25) is 0 Å². The first kappa shape index (κ1) is 28.9. The fraction of sp³-hybridized carbons (Fsp3) is 0.760. The van der Waals surface area contributed by atoms with Crippen LogP contribution in [0, 0.1) is 0 Å². The molecule has 2 rings (SSSR count). The van der Waals surface area contributed by atoms with Gasteiger partial charge in [0.25, 0.3) is 5.56 Å². The molecule has 0 saturated heterocycles. The highest BCUT2D eigenvalue weighted by Crippen LogP contribution is 2.14. The Balaban J connectivity index is 1.49. The molecule has 2 aromatic rings.